The molecule has 0 spiro atoms. The summed E-state index contributed by atoms with van der Waals surface area (Å²) < 4.78 is 0. The van der Waals surface area contributed by atoms with Crippen molar-refractivity contribution in [3.8, 4) is 5.40 Å². The molecule has 0 aliphatic carbocycles. The van der Waals surface area contributed by atoms with Crippen LogP contribution in [-0.4, -0.2) is 11.8 Å². The maximum atomic E-state index is 11.8. The minimum Gasteiger partial charge on any atom is -0.318 e. The number of amides is 2. The van der Waals surface area contributed by atoms with Gasteiger partial charge in [0.1, 0.15) is 5.40 Å². The highest BCUT2D eigenvalue weighted by molar-refractivity contribution is 8.03. The van der Waals surface area contributed by atoms with Crippen molar-refractivity contribution in [2.24, 2.45) is 0 Å². The normalized spacial score (nSPS) is 9.64. The fourth-order valence-corrected chi connectivity index (χ4v) is 2.05. The van der Waals surface area contributed by atoms with Gasteiger partial charge in [-0.15, -0.1) is 0 Å². The van der Waals surface area contributed by atoms with Gasteiger partial charge in [-0.3, -0.25) is 9.59 Å². The van der Waals surface area contributed by atoms with Crippen LogP contribution in [0.5, 0.6) is 0 Å². The number of carbonyl (C=O) groups excluding carboxylic acids is 2. The van der Waals surface area contributed by atoms with E-state index in [1.165, 1.54) is 0 Å². The molecule has 0 atom stereocenters. The smallest absolute Gasteiger partial charge is 0.314 e. The molecule has 0 saturated carbocycles. The summed E-state index contributed by atoms with van der Waals surface area (Å²) in [6.07, 6.45) is 0. The Morgan fingerprint density at radius 2 is 1.36 bits per heavy atom. The van der Waals surface area contributed by atoms with Crippen LogP contribution in [0.25, 0.3) is 0 Å². The van der Waals surface area contributed by atoms with Crippen LogP contribution >= 0.6 is 11.8 Å². The van der Waals surface area contributed by atoms with Gasteiger partial charge in [-0.25, -0.2) is 0 Å². The van der Waals surface area contributed by atoms with Crippen molar-refractivity contribution in [3.63, 3.8) is 0 Å². The summed E-state index contributed by atoms with van der Waals surface area (Å²) in [6.45, 7) is 1.94. The Morgan fingerprint density at radius 1 is 0.909 bits per heavy atom. The van der Waals surface area contributed by atoms with E-state index in [1.54, 1.807) is 36.4 Å². The van der Waals surface area contributed by atoms with Crippen molar-refractivity contribution >= 4 is 35.0 Å². The second-order valence-corrected chi connectivity index (χ2v) is 5.35. The molecule has 5 nitrogen and oxygen atoms in total. The number of aryl methyl sites for hydroxylation is 1. The van der Waals surface area contributed by atoms with Gasteiger partial charge in [0.15, 0.2) is 0 Å². The summed E-state index contributed by atoms with van der Waals surface area (Å²) in [5.41, 5.74) is 2.12. The average molecular weight is 311 g/mol. The van der Waals surface area contributed by atoms with Crippen LogP contribution in [0.4, 0.5) is 11.4 Å². The molecule has 0 bridgehead atoms. The van der Waals surface area contributed by atoms with Gasteiger partial charge in [0.25, 0.3) is 0 Å². The second-order valence-electron chi connectivity index (χ2n) is 4.49. The number of hydrogen-bond acceptors (Lipinski definition) is 4. The Hall–Kier alpha value is -2.78. The van der Waals surface area contributed by atoms with E-state index in [0.29, 0.717) is 11.4 Å². The molecule has 0 aliphatic heterocycles. The lowest BCUT2D eigenvalue weighted by atomic mass is 10.2. The zero-order valence-electron chi connectivity index (χ0n) is 11.8. The van der Waals surface area contributed by atoms with Crippen molar-refractivity contribution < 1.29 is 9.59 Å². The first-order valence-corrected chi connectivity index (χ1v) is 7.25. The maximum absolute atomic E-state index is 11.8. The monoisotopic (exact) mass is 311 g/mol. The van der Waals surface area contributed by atoms with Gasteiger partial charge >= 0.3 is 11.8 Å². The molecule has 2 amide bonds. The third-order valence-corrected chi connectivity index (χ3v) is 3.39. The number of benzene rings is 2. The summed E-state index contributed by atoms with van der Waals surface area (Å²) in [5, 5.41) is 15.5. The Morgan fingerprint density at radius 3 is 1.82 bits per heavy atom. The van der Waals surface area contributed by atoms with Gasteiger partial charge in [-0.05, 0) is 55.1 Å². The molecular weight excluding hydrogens is 298 g/mol. The molecule has 0 heterocycles. The zero-order valence-corrected chi connectivity index (χ0v) is 12.6. The van der Waals surface area contributed by atoms with Crippen molar-refractivity contribution in [2.45, 2.75) is 11.8 Å². The van der Waals surface area contributed by atoms with Crippen LogP contribution in [0.3, 0.4) is 0 Å². The van der Waals surface area contributed by atoms with Crippen molar-refractivity contribution in [2.75, 3.05) is 10.6 Å². The third-order valence-electron chi connectivity index (χ3n) is 2.79. The highest BCUT2D eigenvalue weighted by atomic mass is 32.2. The molecule has 2 N–H and O–H groups in total. The predicted molar refractivity (Wildman–Crippen MR) is 86.4 cm³/mol. The summed E-state index contributed by atoms with van der Waals surface area (Å²) in [4.78, 5) is 24.4. The lowest BCUT2D eigenvalue weighted by Crippen LogP contribution is -2.29. The minimum absolute atomic E-state index is 0.492. The molecule has 2 rings (SSSR count). The standard InChI is InChI=1S/C16H13N3O2S/c1-11-2-4-12(5-3-11)18-15(20)16(21)19-13-6-8-14(9-7-13)22-10-17/h2-9H,1H3,(H,18,20)(H,19,21). The van der Waals surface area contributed by atoms with E-state index in [2.05, 4.69) is 10.6 Å². The molecule has 6 heteroatoms. The number of nitrogens with zero attached hydrogens (tertiary/aromatic N) is 1. The van der Waals surface area contributed by atoms with Gasteiger partial charge in [-0.1, -0.05) is 17.7 Å². The summed E-state index contributed by atoms with van der Waals surface area (Å²) in [6, 6.07) is 13.8. The SMILES string of the molecule is Cc1ccc(NC(=O)C(=O)Nc2ccc(SC#N)cc2)cc1. The second kappa shape index (κ2) is 7.29. The van der Waals surface area contributed by atoms with Gasteiger partial charge in [-0.2, -0.15) is 5.26 Å². The Kier molecular flexibility index (Phi) is 5.17. The van der Waals surface area contributed by atoms with Crippen LogP contribution in [0.2, 0.25) is 0 Å². The van der Waals surface area contributed by atoms with E-state index in [0.717, 1.165) is 22.2 Å². The van der Waals surface area contributed by atoms with Crippen molar-refractivity contribution in [1.82, 2.24) is 0 Å². The molecular formula is C16H13N3O2S. The molecule has 2 aromatic carbocycles. The van der Waals surface area contributed by atoms with E-state index in [1.807, 2.05) is 24.5 Å². The molecule has 110 valence electrons. The number of nitriles is 1. The minimum atomic E-state index is -0.749. The van der Waals surface area contributed by atoms with Crippen LogP contribution in [0.15, 0.2) is 53.4 Å². The summed E-state index contributed by atoms with van der Waals surface area (Å²) >= 11 is 1.03. The summed E-state index contributed by atoms with van der Waals surface area (Å²) in [5.74, 6) is -1.49. The number of carbonyl (C=O) groups is 2. The van der Waals surface area contributed by atoms with Gasteiger partial charge in [0.2, 0.25) is 0 Å². The van der Waals surface area contributed by atoms with Gasteiger partial charge in [0, 0.05) is 16.3 Å². The van der Waals surface area contributed by atoms with Gasteiger partial charge < -0.3 is 10.6 Å². The van der Waals surface area contributed by atoms with Gasteiger partial charge in [0.05, 0.1) is 0 Å². The Balaban J connectivity index is 1.95. The van der Waals surface area contributed by atoms with E-state index in [4.69, 9.17) is 5.26 Å². The fraction of sp³-hybridized carbons (Fsp3) is 0.0625. The van der Waals surface area contributed by atoms with Crippen molar-refractivity contribution in [3.05, 3.63) is 54.1 Å². The lowest BCUT2D eigenvalue weighted by molar-refractivity contribution is -0.132. The van der Waals surface area contributed by atoms with Crippen LogP contribution in [0.1, 0.15) is 5.56 Å². The number of hydrogen-bond donors (Lipinski definition) is 2. The topological polar surface area (TPSA) is 82.0 Å². The van der Waals surface area contributed by atoms with E-state index >= 15 is 0 Å². The fourth-order valence-electron chi connectivity index (χ4n) is 1.67. The highest BCUT2D eigenvalue weighted by Crippen LogP contribution is 2.19. The highest BCUT2D eigenvalue weighted by Gasteiger charge is 2.13. The van der Waals surface area contributed by atoms with Crippen LogP contribution in [-0.2, 0) is 9.59 Å². The third kappa shape index (κ3) is 4.36. The van der Waals surface area contributed by atoms with E-state index in [9.17, 15) is 9.59 Å². The molecule has 0 aliphatic rings. The first-order chi connectivity index (χ1) is 10.6. The molecule has 0 radical (unpaired) electrons. The zero-order chi connectivity index (χ0) is 15.9. The Labute approximate surface area is 132 Å². The lowest BCUT2D eigenvalue weighted by Gasteiger charge is -2.07. The first kappa shape index (κ1) is 15.6. The number of rotatable bonds is 3. The molecule has 0 fully saturated rings. The molecule has 22 heavy (non-hydrogen) atoms. The summed E-state index contributed by atoms with van der Waals surface area (Å²) in [7, 11) is 0. The number of thiocyanates is 1. The first-order valence-electron chi connectivity index (χ1n) is 6.43. The predicted octanol–water partition coefficient (Wildman–Crippen LogP) is 3.15. The van der Waals surface area contributed by atoms with Crippen LogP contribution in [0, 0.1) is 17.6 Å². The van der Waals surface area contributed by atoms with Crippen LogP contribution < -0.4 is 10.6 Å². The Bertz CT molecular complexity index is 719. The van der Waals surface area contributed by atoms with E-state index < -0.39 is 11.8 Å². The number of nitrogens with one attached hydrogen (secondary N) is 2. The molecule has 0 saturated heterocycles. The average Bonchev–Trinajstić information content (AvgIpc) is 2.51. The number of anilines is 2. The maximum Gasteiger partial charge on any atom is 0.314 e. The molecule has 2 aromatic rings. The quantitative estimate of drug-likeness (QED) is 0.518. The van der Waals surface area contributed by atoms with E-state index in [-0.39, 0.29) is 0 Å². The molecule has 0 unspecified atom stereocenters. The largest absolute Gasteiger partial charge is 0.318 e. The molecule has 0 aromatic heterocycles. The van der Waals surface area contributed by atoms with Crippen molar-refractivity contribution in [1.29, 1.82) is 5.26 Å². The number of thioether (sulfide) groups is 1.